The van der Waals surface area contributed by atoms with Crippen molar-refractivity contribution in [2.75, 3.05) is 6.61 Å². The second kappa shape index (κ2) is 7.65. The van der Waals surface area contributed by atoms with Gasteiger partial charge in [0.2, 0.25) is 0 Å². The first-order chi connectivity index (χ1) is 11.6. The van der Waals surface area contributed by atoms with Crippen LogP contribution < -0.4 is 0 Å². The predicted octanol–water partition coefficient (Wildman–Crippen LogP) is 5.05. The van der Waals surface area contributed by atoms with Gasteiger partial charge < -0.3 is 9.84 Å². The molecule has 0 aromatic heterocycles. The summed E-state index contributed by atoms with van der Waals surface area (Å²) < 4.78 is 5.68. The quantitative estimate of drug-likeness (QED) is 0.559. The van der Waals surface area contributed by atoms with Gasteiger partial charge in [-0.3, -0.25) is 4.79 Å². The van der Waals surface area contributed by atoms with E-state index in [0.717, 1.165) is 24.8 Å². The van der Waals surface area contributed by atoms with Crippen molar-refractivity contribution in [1.82, 2.24) is 0 Å². The lowest BCUT2D eigenvalue weighted by atomic mass is 9.46. The zero-order chi connectivity index (χ0) is 18.8. The maximum atomic E-state index is 11.6. The van der Waals surface area contributed by atoms with Crippen molar-refractivity contribution >= 4 is 5.97 Å². The number of esters is 1. The number of carbonyl (C=O) groups is 1. The number of ether oxygens (including phenoxy) is 1. The van der Waals surface area contributed by atoms with Gasteiger partial charge >= 0.3 is 5.97 Å². The first-order valence-corrected chi connectivity index (χ1v) is 9.74. The van der Waals surface area contributed by atoms with Crippen molar-refractivity contribution in [3.63, 3.8) is 0 Å². The third kappa shape index (κ3) is 4.19. The van der Waals surface area contributed by atoms with Crippen molar-refractivity contribution in [2.24, 2.45) is 22.7 Å². The zero-order valence-electron chi connectivity index (χ0n) is 16.7. The van der Waals surface area contributed by atoms with Crippen LogP contribution in [0.15, 0.2) is 23.8 Å². The summed E-state index contributed by atoms with van der Waals surface area (Å²) in [6, 6.07) is 0. The Balaban J connectivity index is 2.31. The van der Waals surface area contributed by atoms with E-state index in [2.05, 4.69) is 34.3 Å². The number of hydrogen-bond donors (Lipinski definition) is 1. The fourth-order valence-electron chi connectivity index (χ4n) is 5.65. The van der Waals surface area contributed by atoms with E-state index in [0.29, 0.717) is 11.8 Å². The average Bonchev–Trinajstić information content (AvgIpc) is 2.48. The summed E-state index contributed by atoms with van der Waals surface area (Å²) in [6.07, 6.45) is 8.34. The second-order valence-electron chi connectivity index (χ2n) is 9.13. The van der Waals surface area contributed by atoms with E-state index >= 15 is 0 Å². The Morgan fingerprint density at radius 2 is 2.00 bits per heavy atom. The van der Waals surface area contributed by atoms with Crippen molar-refractivity contribution in [2.45, 2.75) is 79.2 Å². The molecule has 3 nitrogen and oxygen atoms in total. The van der Waals surface area contributed by atoms with Crippen LogP contribution in [0.5, 0.6) is 0 Å². The van der Waals surface area contributed by atoms with E-state index in [-0.39, 0.29) is 29.5 Å². The summed E-state index contributed by atoms with van der Waals surface area (Å²) in [4.78, 5) is 11.6. The van der Waals surface area contributed by atoms with Gasteiger partial charge in [0.15, 0.2) is 0 Å². The molecule has 2 saturated carbocycles. The molecular weight excluding hydrogens is 312 g/mol. The lowest BCUT2D eigenvalue weighted by Crippen LogP contribution is -2.53. The fourth-order valence-corrected chi connectivity index (χ4v) is 5.65. The van der Waals surface area contributed by atoms with Crippen LogP contribution in [0.3, 0.4) is 0 Å². The van der Waals surface area contributed by atoms with Gasteiger partial charge in [-0.15, -0.1) is 0 Å². The first kappa shape index (κ1) is 20.2. The van der Waals surface area contributed by atoms with Crippen molar-refractivity contribution in [1.29, 1.82) is 0 Å². The molecule has 2 aliphatic carbocycles. The largest absolute Gasteiger partial charge is 0.458 e. The Hall–Kier alpha value is -1.09. The fraction of sp³-hybridized carbons (Fsp3) is 0.773. The first-order valence-electron chi connectivity index (χ1n) is 9.74. The molecular formula is C22H36O3. The van der Waals surface area contributed by atoms with Gasteiger partial charge in [-0.1, -0.05) is 45.4 Å². The minimum atomic E-state index is -0.210. The highest BCUT2D eigenvalue weighted by Crippen LogP contribution is 2.62. The molecule has 25 heavy (non-hydrogen) atoms. The minimum absolute atomic E-state index is 0.0977. The van der Waals surface area contributed by atoms with Gasteiger partial charge in [-0.05, 0) is 67.3 Å². The number of allylic oxidation sites excluding steroid dienone is 1. The lowest BCUT2D eigenvalue weighted by Gasteiger charge is -2.59. The average molecular weight is 349 g/mol. The molecule has 4 unspecified atom stereocenters. The molecule has 0 spiro atoms. The third-order valence-electron chi connectivity index (χ3n) is 6.96. The summed E-state index contributed by atoms with van der Waals surface area (Å²) in [5, 5.41) is 9.12. The number of rotatable bonds is 5. The Bertz CT molecular complexity index is 545. The summed E-state index contributed by atoms with van der Waals surface area (Å²) >= 11 is 0. The Morgan fingerprint density at radius 1 is 1.32 bits per heavy atom. The highest BCUT2D eigenvalue weighted by molar-refractivity contribution is 5.66. The standard InChI is InChI=1S/C22H36O3/c1-15(10-13-23)8-9-18-16(2)19(25-17(3)24)14-20-21(4,5)11-7-12-22(18,20)6/h10,18-20,23H,2,7-9,11-14H2,1,3-6H3. The zero-order valence-corrected chi connectivity index (χ0v) is 16.7. The van der Waals surface area contributed by atoms with Crippen LogP contribution in [-0.2, 0) is 9.53 Å². The molecule has 0 bridgehead atoms. The van der Waals surface area contributed by atoms with Crippen LogP contribution in [0.25, 0.3) is 0 Å². The normalized spacial score (nSPS) is 35.2. The summed E-state index contributed by atoms with van der Waals surface area (Å²) in [5.74, 6) is 0.687. The smallest absolute Gasteiger partial charge is 0.303 e. The Morgan fingerprint density at radius 3 is 2.60 bits per heavy atom. The third-order valence-corrected chi connectivity index (χ3v) is 6.96. The van der Waals surface area contributed by atoms with E-state index in [1.165, 1.54) is 31.8 Å². The van der Waals surface area contributed by atoms with Gasteiger partial charge in [-0.25, -0.2) is 0 Å². The van der Waals surface area contributed by atoms with Crippen molar-refractivity contribution in [3.05, 3.63) is 23.8 Å². The lowest BCUT2D eigenvalue weighted by molar-refractivity contribution is -0.153. The van der Waals surface area contributed by atoms with E-state index in [9.17, 15) is 4.79 Å². The molecule has 2 aliphatic rings. The van der Waals surface area contributed by atoms with Crippen LogP contribution in [-0.4, -0.2) is 23.8 Å². The van der Waals surface area contributed by atoms with E-state index in [1.807, 2.05) is 6.08 Å². The highest BCUT2D eigenvalue weighted by Gasteiger charge is 2.55. The van der Waals surface area contributed by atoms with Gasteiger partial charge in [0.25, 0.3) is 0 Å². The van der Waals surface area contributed by atoms with Crippen LogP contribution in [0.1, 0.15) is 73.1 Å². The maximum absolute atomic E-state index is 11.6. The molecule has 0 aromatic rings. The molecule has 3 heteroatoms. The van der Waals surface area contributed by atoms with Crippen LogP contribution in [0, 0.1) is 22.7 Å². The second-order valence-corrected chi connectivity index (χ2v) is 9.13. The van der Waals surface area contributed by atoms with Gasteiger partial charge in [0.1, 0.15) is 6.10 Å². The summed E-state index contributed by atoms with van der Waals surface area (Å²) in [6.45, 7) is 15.3. The highest BCUT2D eigenvalue weighted by atomic mass is 16.5. The number of hydrogen-bond acceptors (Lipinski definition) is 3. The molecule has 0 heterocycles. The maximum Gasteiger partial charge on any atom is 0.303 e. The van der Waals surface area contributed by atoms with Gasteiger partial charge in [0.05, 0.1) is 6.61 Å². The Kier molecular flexibility index (Phi) is 6.19. The molecule has 2 fully saturated rings. The van der Waals surface area contributed by atoms with Crippen LogP contribution in [0.2, 0.25) is 0 Å². The monoisotopic (exact) mass is 348 g/mol. The molecule has 0 saturated heterocycles. The molecule has 0 radical (unpaired) electrons. The molecule has 1 N–H and O–H groups in total. The molecule has 4 atom stereocenters. The number of carbonyl (C=O) groups excluding carboxylic acids is 1. The van der Waals surface area contributed by atoms with Crippen molar-refractivity contribution < 1.29 is 14.6 Å². The van der Waals surface area contributed by atoms with E-state index in [1.54, 1.807) is 0 Å². The van der Waals surface area contributed by atoms with Crippen LogP contribution >= 0.6 is 0 Å². The molecule has 0 aromatic carbocycles. The Labute approximate surface area is 153 Å². The molecule has 2 rings (SSSR count). The predicted molar refractivity (Wildman–Crippen MR) is 102 cm³/mol. The molecule has 0 aliphatic heterocycles. The van der Waals surface area contributed by atoms with Crippen LogP contribution in [0.4, 0.5) is 0 Å². The summed E-state index contributed by atoms with van der Waals surface area (Å²) in [5.41, 5.74) is 2.80. The number of fused-ring (bicyclic) bond motifs is 1. The topological polar surface area (TPSA) is 46.5 Å². The number of aliphatic hydroxyl groups is 1. The minimum Gasteiger partial charge on any atom is -0.458 e. The summed E-state index contributed by atoms with van der Waals surface area (Å²) in [7, 11) is 0. The molecule has 0 amide bonds. The number of aliphatic hydroxyl groups excluding tert-OH is 1. The van der Waals surface area contributed by atoms with Gasteiger partial charge in [0, 0.05) is 6.92 Å². The van der Waals surface area contributed by atoms with E-state index in [4.69, 9.17) is 9.84 Å². The van der Waals surface area contributed by atoms with Gasteiger partial charge in [-0.2, -0.15) is 0 Å². The molecule has 142 valence electrons. The van der Waals surface area contributed by atoms with Crippen molar-refractivity contribution in [3.8, 4) is 0 Å². The van der Waals surface area contributed by atoms with E-state index < -0.39 is 0 Å². The SMILES string of the molecule is C=C1C(OC(C)=O)CC2C(C)(C)CCCC2(C)C1CCC(C)=CCO.